The number of hydrogen-bond donors (Lipinski definition) is 0. The summed E-state index contributed by atoms with van der Waals surface area (Å²) in [5.74, 6) is -0.578. The first-order chi connectivity index (χ1) is 22.6. The Labute approximate surface area is 311 Å². The Bertz CT molecular complexity index is 1570. The molecule has 4 nitrogen and oxygen atoms in total. The van der Waals surface area contributed by atoms with Crippen LogP contribution in [0.3, 0.4) is 0 Å². The van der Waals surface area contributed by atoms with Gasteiger partial charge >= 0.3 is 312 Å². The van der Waals surface area contributed by atoms with E-state index in [-0.39, 0.29) is 20.5 Å². The van der Waals surface area contributed by atoms with E-state index in [1.165, 1.54) is 60.4 Å². The van der Waals surface area contributed by atoms with Gasteiger partial charge in [-0.1, -0.05) is 0 Å². The van der Waals surface area contributed by atoms with Gasteiger partial charge in [0.1, 0.15) is 0 Å². The van der Waals surface area contributed by atoms with Crippen LogP contribution in [-0.4, -0.2) is 43.7 Å². The topological polar surface area (TPSA) is 44.8 Å². The van der Waals surface area contributed by atoms with Crippen LogP contribution in [-0.2, 0) is 34.3 Å². The molecule has 0 N–H and O–H groups in total. The molecular formula is C44H69GeO4P. The van der Waals surface area contributed by atoms with Crippen molar-refractivity contribution in [3.63, 3.8) is 0 Å². The standard InChI is InChI=1S/C44H69GeO4P/c1-27(2)30-23-32(28(3)4)37(33(24-30)29(5)6)45(43(16,17)18)39(44(48-20,49-45)22-21-36(46)47-19)50-38-34(41(10,11)12)25-31(40(7,8)9)26-35(38)42(13,14)15/h21-29H,1-20H3/b22-21+. The molecule has 2 aromatic carbocycles. The Morgan fingerprint density at radius 3 is 1.52 bits per heavy atom. The number of esters is 1. The summed E-state index contributed by atoms with van der Waals surface area (Å²) in [4.78, 5) is 12.7. The molecule has 0 bridgehead atoms. The normalized spacial score (nSPS) is 21.5. The van der Waals surface area contributed by atoms with E-state index in [9.17, 15) is 4.79 Å². The molecule has 1 aliphatic heterocycles. The fourth-order valence-corrected chi connectivity index (χ4v) is 23.9. The van der Waals surface area contributed by atoms with Crippen molar-refractivity contribution in [1.82, 2.24) is 0 Å². The molecule has 2 unspecified atom stereocenters. The molecule has 0 radical (unpaired) electrons. The van der Waals surface area contributed by atoms with Crippen molar-refractivity contribution in [2.45, 2.75) is 169 Å². The van der Waals surface area contributed by atoms with E-state index in [0.29, 0.717) is 17.8 Å². The number of rotatable bonds is 8. The Morgan fingerprint density at radius 1 is 0.740 bits per heavy atom. The third-order valence-electron chi connectivity index (χ3n) is 10.3. The number of carbonyl (C=O) groups excluding carboxylic acids is 1. The summed E-state index contributed by atoms with van der Waals surface area (Å²) in [6.45, 7) is 41.9. The maximum absolute atomic E-state index is 12.7. The number of methoxy groups -OCH3 is 2. The van der Waals surface area contributed by atoms with E-state index >= 15 is 0 Å². The monoisotopic (exact) mass is 766 g/mol. The van der Waals surface area contributed by atoms with Gasteiger partial charge in [0, 0.05) is 0 Å². The second-order valence-corrected chi connectivity index (χ2v) is 30.0. The van der Waals surface area contributed by atoms with Gasteiger partial charge in [0.05, 0.1) is 0 Å². The number of ether oxygens (including phenoxy) is 2. The molecular weight excluding hydrogens is 696 g/mol. The first-order valence-electron chi connectivity index (χ1n) is 18.6. The predicted molar refractivity (Wildman–Crippen MR) is 220 cm³/mol. The van der Waals surface area contributed by atoms with Crippen molar-refractivity contribution in [3.8, 4) is 0 Å². The fourth-order valence-electron chi connectivity index (χ4n) is 7.10. The van der Waals surface area contributed by atoms with Crippen LogP contribution in [0, 0.1) is 0 Å². The second-order valence-electron chi connectivity index (χ2n) is 19.4. The van der Waals surface area contributed by atoms with E-state index in [1.54, 1.807) is 7.11 Å². The number of carbonyl (C=O) groups is 1. The fraction of sp³-hybridized carbons (Fsp3) is 0.636. The molecule has 2 aromatic rings. The van der Waals surface area contributed by atoms with Gasteiger partial charge in [-0.3, -0.25) is 0 Å². The molecule has 2 atom stereocenters. The molecule has 1 heterocycles. The van der Waals surface area contributed by atoms with Gasteiger partial charge in [-0.2, -0.15) is 0 Å². The van der Waals surface area contributed by atoms with E-state index in [1.807, 2.05) is 6.08 Å². The van der Waals surface area contributed by atoms with Crippen molar-refractivity contribution in [1.29, 1.82) is 0 Å². The molecule has 1 aliphatic rings. The summed E-state index contributed by atoms with van der Waals surface area (Å²) >= 11 is -3.87. The molecule has 50 heavy (non-hydrogen) atoms. The van der Waals surface area contributed by atoms with Gasteiger partial charge < -0.3 is 0 Å². The zero-order valence-corrected chi connectivity index (χ0v) is 38.3. The van der Waals surface area contributed by atoms with Crippen LogP contribution in [0.1, 0.15) is 176 Å². The van der Waals surface area contributed by atoms with Crippen LogP contribution in [0.5, 0.6) is 0 Å². The third kappa shape index (κ3) is 8.09. The summed E-state index contributed by atoms with van der Waals surface area (Å²) in [6.07, 6.45) is 3.31. The van der Waals surface area contributed by atoms with E-state index in [0.717, 1.165) is 8.20 Å². The van der Waals surface area contributed by atoms with E-state index in [2.05, 4.69) is 149 Å². The average Bonchev–Trinajstić information content (AvgIpc) is 2.96. The number of hydrogen-bond acceptors (Lipinski definition) is 4. The Balaban J connectivity index is 2.77. The van der Waals surface area contributed by atoms with Gasteiger partial charge in [-0.15, -0.1) is 0 Å². The Hall–Kier alpha value is -1.72. The van der Waals surface area contributed by atoms with Crippen LogP contribution in [0.4, 0.5) is 0 Å². The molecule has 278 valence electrons. The molecule has 0 spiro atoms. The number of benzene rings is 2. The van der Waals surface area contributed by atoms with Crippen molar-refractivity contribution in [2.24, 2.45) is 0 Å². The zero-order valence-electron chi connectivity index (χ0n) is 35.3. The molecule has 1 saturated heterocycles. The van der Waals surface area contributed by atoms with E-state index < -0.39 is 25.4 Å². The van der Waals surface area contributed by atoms with Crippen molar-refractivity contribution < 1.29 is 18.0 Å². The van der Waals surface area contributed by atoms with Crippen molar-refractivity contribution in [2.75, 3.05) is 14.2 Å². The van der Waals surface area contributed by atoms with Gasteiger partial charge in [0.25, 0.3) is 0 Å². The van der Waals surface area contributed by atoms with Gasteiger partial charge in [0.15, 0.2) is 0 Å². The zero-order chi connectivity index (χ0) is 38.6. The van der Waals surface area contributed by atoms with Crippen molar-refractivity contribution >= 4 is 41.6 Å². The van der Waals surface area contributed by atoms with Crippen LogP contribution >= 0.6 is 8.20 Å². The summed E-state index contributed by atoms with van der Waals surface area (Å²) in [6, 6.07) is 9.84. The van der Waals surface area contributed by atoms with Crippen LogP contribution < -0.4 is 9.70 Å². The van der Waals surface area contributed by atoms with Gasteiger partial charge in [-0.05, 0) is 0 Å². The van der Waals surface area contributed by atoms with Crippen LogP contribution in [0.15, 0.2) is 36.4 Å². The second kappa shape index (κ2) is 14.6. The summed E-state index contributed by atoms with van der Waals surface area (Å²) in [7, 11) is 4.23. The Morgan fingerprint density at radius 2 is 1.20 bits per heavy atom. The molecule has 3 rings (SSSR count). The van der Waals surface area contributed by atoms with Gasteiger partial charge in [0.2, 0.25) is 0 Å². The minimum absolute atomic E-state index is 0.00878. The quantitative estimate of drug-likeness (QED) is 0.116. The maximum atomic E-state index is 12.7. The van der Waals surface area contributed by atoms with Crippen LogP contribution in [0.25, 0.3) is 0 Å². The summed E-state index contributed by atoms with van der Waals surface area (Å²) in [5.41, 5.74) is 7.96. The molecule has 6 heteroatoms. The van der Waals surface area contributed by atoms with E-state index in [4.69, 9.17) is 13.2 Å². The molecule has 0 amide bonds. The molecule has 0 saturated carbocycles. The van der Waals surface area contributed by atoms with Gasteiger partial charge in [-0.25, -0.2) is 0 Å². The summed E-state index contributed by atoms with van der Waals surface area (Å²) in [5, 5.41) is 1.33. The van der Waals surface area contributed by atoms with Crippen LogP contribution in [0.2, 0.25) is 4.25 Å². The third-order valence-corrected chi connectivity index (χ3v) is 24.4. The Kier molecular flexibility index (Phi) is 12.5. The van der Waals surface area contributed by atoms with Crippen molar-refractivity contribution in [3.05, 3.63) is 69.8 Å². The minimum atomic E-state index is -3.87. The first kappa shape index (κ1) is 42.7. The predicted octanol–water partition coefficient (Wildman–Crippen LogP) is 11.0. The molecule has 1 fully saturated rings. The SMILES string of the molecule is COC(=O)/C=C/C1(OC)[O][Ge]([c]2c(C(C)C)cc(C(C)C)cc2C(C)C)([C](C)(C)C)[C]1=Pc1c(C(C)(C)C)cc(C(C)(C)C)cc1C(C)(C)C. The summed E-state index contributed by atoms with van der Waals surface area (Å²) < 4.78 is 21.7. The molecule has 0 aliphatic carbocycles. The molecule has 0 aromatic heterocycles. The average molecular weight is 766 g/mol. The first-order valence-corrected chi connectivity index (χ1v) is 23.5.